The minimum absolute atomic E-state index is 0.227. The molecule has 0 bridgehead atoms. The second kappa shape index (κ2) is 6.68. The van der Waals surface area contributed by atoms with Crippen LogP contribution in [0.5, 0.6) is 0 Å². The minimum atomic E-state index is -0.599. The van der Waals surface area contributed by atoms with E-state index in [2.05, 4.69) is 5.32 Å². The maximum Gasteiger partial charge on any atom is 0.133 e. The van der Waals surface area contributed by atoms with Crippen molar-refractivity contribution in [1.82, 2.24) is 5.32 Å². The summed E-state index contributed by atoms with van der Waals surface area (Å²) in [5.74, 6) is 1.42. The fraction of sp³-hybridized carbons (Fsp3) is 0.667. The number of aliphatic hydroxyl groups is 1. The van der Waals surface area contributed by atoms with Crippen molar-refractivity contribution in [1.29, 1.82) is 0 Å². The Kier molecular flexibility index (Phi) is 5.52. The average molecular weight is 227 g/mol. The summed E-state index contributed by atoms with van der Waals surface area (Å²) in [5, 5.41) is 13.0. The van der Waals surface area contributed by atoms with E-state index in [1.165, 1.54) is 0 Å². The van der Waals surface area contributed by atoms with E-state index in [1.54, 1.807) is 6.07 Å². The first-order chi connectivity index (χ1) is 7.63. The predicted octanol–water partition coefficient (Wildman–Crippen LogP) is 1.64. The first-order valence-corrected chi connectivity index (χ1v) is 5.69. The number of rotatable bonds is 7. The smallest absolute Gasteiger partial charge is 0.133 e. The maximum absolute atomic E-state index is 9.81. The summed E-state index contributed by atoms with van der Waals surface area (Å²) >= 11 is 0. The van der Waals surface area contributed by atoms with E-state index in [-0.39, 0.29) is 6.04 Å². The highest BCUT2D eigenvalue weighted by molar-refractivity contribution is 5.08. The molecule has 1 rings (SSSR count). The third kappa shape index (κ3) is 4.35. The zero-order chi connectivity index (χ0) is 12.0. The lowest BCUT2D eigenvalue weighted by atomic mass is 10.2. The van der Waals surface area contributed by atoms with Gasteiger partial charge in [-0.2, -0.15) is 0 Å². The molecule has 1 heterocycles. The Morgan fingerprint density at radius 2 is 2.25 bits per heavy atom. The molecule has 4 heteroatoms. The Hall–Kier alpha value is -0.840. The molecule has 0 fully saturated rings. The first kappa shape index (κ1) is 13.2. The van der Waals surface area contributed by atoms with Gasteiger partial charge in [-0.3, -0.25) is 0 Å². The molecule has 2 atom stereocenters. The molecular weight excluding hydrogens is 206 g/mol. The summed E-state index contributed by atoms with van der Waals surface area (Å²) in [6, 6.07) is 3.88. The summed E-state index contributed by atoms with van der Waals surface area (Å²) < 4.78 is 10.6. The SMILES string of the molecule is CCOCC(C)NCC(O)c1ccc(C)o1. The molecule has 92 valence electrons. The Balaban J connectivity index is 2.27. The van der Waals surface area contributed by atoms with Gasteiger partial charge in [-0.05, 0) is 32.9 Å². The molecule has 0 aliphatic heterocycles. The van der Waals surface area contributed by atoms with Crippen molar-refractivity contribution < 1.29 is 14.3 Å². The van der Waals surface area contributed by atoms with E-state index in [4.69, 9.17) is 9.15 Å². The van der Waals surface area contributed by atoms with Crippen molar-refractivity contribution in [3.05, 3.63) is 23.7 Å². The van der Waals surface area contributed by atoms with Crippen LogP contribution in [0.2, 0.25) is 0 Å². The molecule has 4 nitrogen and oxygen atoms in total. The number of furan rings is 1. The molecule has 0 amide bonds. The number of aryl methyl sites for hydroxylation is 1. The second-order valence-electron chi connectivity index (χ2n) is 3.93. The first-order valence-electron chi connectivity index (χ1n) is 5.69. The molecule has 0 saturated carbocycles. The number of hydrogen-bond acceptors (Lipinski definition) is 4. The minimum Gasteiger partial charge on any atom is -0.464 e. The fourth-order valence-corrected chi connectivity index (χ4v) is 1.40. The Morgan fingerprint density at radius 1 is 1.50 bits per heavy atom. The van der Waals surface area contributed by atoms with Gasteiger partial charge in [-0.25, -0.2) is 0 Å². The highest BCUT2D eigenvalue weighted by Crippen LogP contribution is 2.15. The van der Waals surface area contributed by atoms with Crippen molar-refractivity contribution in [2.75, 3.05) is 19.8 Å². The molecule has 16 heavy (non-hydrogen) atoms. The molecule has 1 aromatic rings. The van der Waals surface area contributed by atoms with Crippen LogP contribution in [0.3, 0.4) is 0 Å². The topological polar surface area (TPSA) is 54.6 Å². The monoisotopic (exact) mass is 227 g/mol. The van der Waals surface area contributed by atoms with Gasteiger partial charge < -0.3 is 19.6 Å². The Labute approximate surface area is 96.6 Å². The molecule has 0 radical (unpaired) electrons. The number of ether oxygens (including phenoxy) is 1. The highest BCUT2D eigenvalue weighted by Gasteiger charge is 2.12. The van der Waals surface area contributed by atoms with Crippen LogP contribution in [0.25, 0.3) is 0 Å². The molecule has 0 aromatic carbocycles. The van der Waals surface area contributed by atoms with Gasteiger partial charge >= 0.3 is 0 Å². The summed E-state index contributed by atoms with van der Waals surface area (Å²) in [6.45, 7) is 7.69. The number of nitrogens with one attached hydrogen (secondary N) is 1. The molecule has 0 spiro atoms. The fourth-order valence-electron chi connectivity index (χ4n) is 1.40. The lowest BCUT2D eigenvalue weighted by Crippen LogP contribution is -2.33. The quantitative estimate of drug-likeness (QED) is 0.743. The second-order valence-corrected chi connectivity index (χ2v) is 3.93. The van der Waals surface area contributed by atoms with Crippen LogP contribution in [-0.4, -0.2) is 30.9 Å². The third-order valence-electron chi connectivity index (χ3n) is 2.32. The molecule has 2 N–H and O–H groups in total. The van der Waals surface area contributed by atoms with E-state index in [9.17, 15) is 5.11 Å². The van der Waals surface area contributed by atoms with E-state index in [0.29, 0.717) is 25.5 Å². The molecule has 1 aromatic heterocycles. The lowest BCUT2D eigenvalue weighted by molar-refractivity contribution is 0.109. The van der Waals surface area contributed by atoms with Crippen LogP contribution >= 0.6 is 0 Å². The van der Waals surface area contributed by atoms with Crippen LogP contribution in [0, 0.1) is 6.92 Å². The summed E-state index contributed by atoms with van der Waals surface area (Å²) in [4.78, 5) is 0. The molecule has 2 unspecified atom stereocenters. The standard InChI is InChI=1S/C12H21NO3/c1-4-15-8-9(2)13-7-11(14)12-6-5-10(3)16-12/h5-6,9,11,13-14H,4,7-8H2,1-3H3. The molecule has 0 aliphatic rings. The van der Waals surface area contributed by atoms with E-state index in [0.717, 1.165) is 5.76 Å². The zero-order valence-corrected chi connectivity index (χ0v) is 10.2. The van der Waals surface area contributed by atoms with Gasteiger partial charge in [0.05, 0.1) is 6.61 Å². The van der Waals surface area contributed by atoms with Crippen molar-refractivity contribution in [2.24, 2.45) is 0 Å². The normalized spacial score (nSPS) is 15.0. The van der Waals surface area contributed by atoms with Gasteiger partial charge in [0.25, 0.3) is 0 Å². The average Bonchev–Trinajstić information content (AvgIpc) is 2.69. The maximum atomic E-state index is 9.81. The van der Waals surface area contributed by atoms with Gasteiger partial charge in [0.15, 0.2) is 0 Å². The van der Waals surface area contributed by atoms with Gasteiger partial charge in [0.1, 0.15) is 17.6 Å². The van der Waals surface area contributed by atoms with Crippen molar-refractivity contribution >= 4 is 0 Å². The van der Waals surface area contributed by atoms with Crippen molar-refractivity contribution in [3.8, 4) is 0 Å². The molecule has 0 saturated heterocycles. The van der Waals surface area contributed by atoms with Gasteiger partial charge in [-0.1, -0.05) is 0 Å². The van der Waals surface area contributed by atoms with Gasteiger partial charge in [-0.15, -0.1) is 0 Å². The van der Waals surface area contributed by atoms with Crippen LogP contribution in [0.15, 0.2) is 16.5 Å². The van der Waals surface area contributed by atoms with Crippen LogP contribution < -0.4 is 5.32 Å². The van der Waals surface area contributed by atoms with Gasteiger partial charge in [0, 0.05) is 19.2 Å². The largest absolute Gasteiger partial charge is 0.464 e. The van der Waals surface area contributed by atoms with E-state index >= 15 is 0 Å². The predicted molar refractivity (Wildman–Crippen MR) is 62.4 cm³/mol. The molecule has 0 aliphatic carbocycles. The Morgan fingerprint density at radius 3 is 2.81 bits per heavy atom. The zero-order valence-electron chi connectivity index (χ0n) is 10.2. The number of hydrogen-bond donors (Lipinski definition) is 2. The van der Waals surface area contributed by atoms with E-state index in [1.807, 2.05) is 26.8 Å². The van der Waals surface area contributed by atoms with Crippen molar-refractivity contribution in [3.63, 3.8) is 0 Å². The summed E-state index contributed by atoms with van der Waals surface area (Å²) in [7, 11) is 0. The summed E-state index contributed by atoms with van der Waals surface area (Å²) in [5.41, 5.74) is 0. The lowest BCUT2D eigenvalue weighted by Gasteiger charge is -2.15. The van der Waals surface area contributed by atoms with E-state index < -0.39 is 6.10 Å². The van der Waals surface area contributed by atoms with Crippen molar-refractivity contribution in [2.45, 2.75) is 32.9 Å². The third-order valence-corrected chi connectivity index (χ3v) is 2.32. The van der Waals surface area contributed by atoms with Gasteiger partial charge in [0.2, 0.25) is 0 Å². The van der Waals surface area contributed by atoms with Crippen LogP contribution in [-0.2, 0) is 4.74 Å². The van der Waals surface area contributed by atoms with Crippen LogP contribution in [0.4, 0.5) is 0 Å². The Bertz CT molecular complexity index is 298. The number of aliphatic hydroxyl groups excluding tert-OH is 1. The van der Waals surface area contributed by atoms with Crippen LogP contribution in [0.1, 0.15) is 31.5 Å². The summed E-state index contributed by atoms with van der Waals surface area (Å²) in [6.07, 6.45) is -0.599. The molecular formula is C12H21NO3. The highest BCUT2D eigenvalue weighted by atomic mass is 16.5.